The highest BCUT2D eigenvalue weighted by molar-refractivity contribution is 7.99. The van der Waals surface area contributed by atoms with Crippen LogP contribution in [0.2, 0.25) is 0 Å². The molecule has 1 aromatic heterocycles. The summed E-state index contributed by atoms with van der Waals surface area (Å²) in [5.41, 5.74) is 7.04. The zero-order valence-electron chi connectivity index (χ0n) is 11.0. The molecule has 1 aromatic rings. The van der Waals surface area contributed by atoms with Crippen LogP contribution in [0.4, 0.5) is 0 Å². The number of nitrogens with zero attached hydrogens (tertiary/aromatic N) is 2. The summed E-state index contributed by atoms with van der Waals surface area (Å²) in [6.45, 7) is 6.03. The summed E-state index contributed by atoms with van der Waals surface area (Å²) < 4.78 is 0.210. The molecule has 4 N–H and O–H groups in total. The van der Waals surface area contributed by atoms with E-state index in [2.05, 4.69) is 35.6 Å². The zero-order valence-corrected chi connectivity index (χ0v) is 11.8. The third-order valence-electron chi connectivity index (χ3n) is 2.63. The molecule has 0 aromatic carbocycles. The van der Waals surface area contributed by atoms with Crippen LogP contribution in [0.3, 0.4) is 0 Å². The molecule has 6 heteroatoms. The third-order valence-corrected chi connectivity index (χ3v) is 3.88. The van der Waals surface area contributed by atoms with Crippen LogP contribution in [0.25, 0.3) is 0 Å². The molecule has 0 amide bonds. The van der Waals surface area contributed by atoms with E-state index in [-0.39, 0.29) is 10.6 Å². The Morgan fingerprint density at radius 1 is 1.61 bits per heavy atom. The molecule has 0 aliphatic heterocycles. The van der Waals surface area contributed by atoms with Crippen molar-refractivity contribution in [2.24, 2.45) is 10.9 Å². The second-order valence-electron chi connectivity index (χ2n) is 4.60. The second kappa shape index (κ2) is 6.61. The zero-order chi connectivity index (χ0) is 13.6. The smallest absolute Gasteiger partial charge is 0.188 e. The number of nitrogens with two attached hydrogens (primary N) is 1. The molecular formula is C12H20N4OS. The molecule has 0 saturated heterocycles. The fraction of sp³-hybridized carbons (Fsp3) is 0.500. The largest absolute Gasteiger partial charge is 0.409 e. The first-order chi connectivity index (χ1) is 8.48. The van der Waals surface area contributed by atoms with Gasteiger partial charge in [-0.15, -0.1) is 0 Å². The molecule has 100 valence electrons. The second-order valence-corrected chi connectivity index (χ2v) is 6.12. The number of rotatable bonds is 6. The highest BCUT2D eigenvalue weighted by atomic mass is 32.2. The number of oxime groups is 1. The van der Waals surface area contributed by atoms with Gasteiger partial charge < -0.3 is 16.3 Å². The van der Waals surface area contributed by atoms with Crippen molar-refractivity contribution in [3.8, 4) is 0 Å². The quantitative estimate of drug-likeness (QED) is 0.314. The van der Waals surface area contributed by atoms with E-state index in [1.165, 1.54) is 0 Å². The van der Waals surface area contributed by atoms with Crippen LogP contribution >= 0.6 is 11.8 Å². The Balaban J connectivity index is 2.58. The lowest BCUT2D eigenvalue weighted by Crippen LogP contribution is -2.31. The van der Waals surface area contributed by atoms with Crippen molar-refractivity contribution in [1.82, 2.24) is 10.3 Å². The number of amidine groups is 1. The Labute approximate surface area is 112 Å². The summed E-state index contributed by atoms with van der Waals surface area (Å²) >= 11 is 1.83. The van der Waals surface area contributed by atoms with Gasteiger partial charge in [0.1, 0.15) is 5.69 Å². The van der Waals surface area contributed by atoms with Gasteiger partial charge in [0.2, 0.25) is 0 Å². The van der Waals surface area contributed by atoms with Gasteiger partial charge in [-0.2, -0.15) is 11.8 Å². The van der Waals surface area contributed by atoms with Gasteiger partial charge in [0.05, 0.1) is 0 Å². The standard InChI is InChI=1S/C12H20N4OS/c1-12(2,18-3)8-14-7-9-4-5-15-10(6-9)11(13)16-17/h4-6,14,17H,7-8H2,1-3H3,(H2,13,16). The van der Waals surface area contributed by atoms with Crippen LogP contribution < -0.4 is 11.1 Å². The van der Waals surface area contributed by atoms with Gasteiger partial charge in [0, 0.05) is 24.0 Å². The van der Waals surface area contributed by atoms with E-state index in [9.17, 15) is 0 Å². The van der Waals surface area contributed by atoms with Crippen molar-refractivity contribution in [2.75, 3.05) is 12.8 Å². The molecule has 0 radical (unpaired) electrons. The minimum atomic E-state index is 0.0290. The normalized spacial score (nSPS) is 12.7. The van der Waals surface area contributed by atoms with E-state index in [0.29, 0.717) is 5.69 Å². The highest BCUT2D eigenvalue weighted by Gasteiger charge is 2.14. The maximum absolute atomic E-state index is 8.60. The number of pyridine rings is 1. The summed E-state index contributed by atoms with van der Waals surface area (Å²) in [5, 5.41) is 14.9. The Morgan fingerprint density at radius 3 is 2.94 bits per heavy atom. The van der Waals surface area contributed by atoms with Crippen LogP contribution in [0.5, 0.6) is 0 Å². The van der Waals surface area contributed by atoms with Crippen LogP contribution in [0.1, 0.15) is 25.1 Å². The third kappa shape index (κ3) is 4.54. The summed E-state index contributed by atoms with van der Waals surface area (Å²) in [7, 11) is 0. The average molecular weight is 268 g/mol. The van der Waals surface area contributed by atoms with E-state index in [4.69, 9.17) is 10.9 Å². The SMILES string of the molecule is CSC(C)(C)CNCc1ccnc(/C(N)=N/O)c1. The van der Waals surface area contributed by atoms with E-state index in [1.807, 2.05) is 23.9 Å². The number of hydrogen-bond donors (Lipinski definition) is 3. The molecule has 18 heavy (non-hydrogen) atoms. The molecule has 0 aliphatic carbocycles. The van der Waals surface area contributed by atoms with Crippen molar-refractivity contribution in [3.05, 3.63) is 29.6 Å². The fourth-order valence-electron chi connectivity index (χ4n) is 1.36. The number of hydrogen-bond acceptors (Lipinski definition) is 5. The first-order valence-electron chi connectivity index (χ1n) is 5.67. The van der Waals surface area contributed by atoms with Crippen LogP contribution in [-0.2, 0) is 6.54 Å². The van der Waals surface area contributed by atoms with Crippen molar-refractivity contribution in [3.63, 3.8) is 0 Å². The summed E-state index contributed by atoms with van der Waals surface area (Å²) in [6, 6.07) is 3.72. The molecule has 0 saturated carbocycles. The first kappa shape index (κ1) is 14.8. The van der Waals surface area contributed by atoms with E-state index in [0.717, 1.165) is 18.7 Å². The molecule has 5 nitrogen and oxygen atoms in total. The van der Waals surface area contributed by atoms with E-state index < -0.39 is 0 Å². The van der Waals surface area contributed by atoms with Gasteiger partial charge in [-0.05, 0) is 37.8 Å². The summed E-state index contributed by atoms with van der Waals surface area (Å²) in [6.07, 6.45) is 3.76. The molecule has 1 heterocycles. The monoisotopic (exact) mass is 268 g/mol. The lowest BCUT2D eigenvalue weighted by atomic mass is 10.2. The molecular weight excluding hydrogens is 248 g/mol. The Morgan fingerprint density at radius 2 is 2.33 bits per heavy atom. The number of nitrogens with one attached hydrogen (secondary N) is 1. The van der Waals surface area contributed by atoms with Gasteiger partial charge in [-0.3, -0.25) is 4.98 Å². The topological polar surface area (TPSA) is 83.5 Å². The molecule has 0 fully saturated rings. The van der Waals surface area contributed by atoms with E-state index in [1.54, 1.807) is 6.20 Å². The number of thioether (sulfide) groups is 1. The molecule has 0 spiro atoms. The minimum Gasteiger partial charge on any atom is -0.409 e. The van der Waals surface area contributed by atoms with Gasteiger partial charge in [0.25, 0.3) is 0 Å². The lowest BCUT2D eigenvalue weighted by Gasteiger charge is -2.22. The molecule has 0 atom stereocenters. The first-order valence-corrected chi connectivity index (χ1v) is 6.89. The maximum Gasteiger partial charge on any atom is 0.188 e. The van der Waals surface area contributed by atoms with Crippen molar-refractivity contribution >= 4 is 17.6 Å². The predicted octanol–water partition coefficient (Wildman–Crippen LogP) is 1.41. The molecule has 0 bridgehead atoms. The summed E-state index contributed by atoms with van der Waals surface area (Å²) in [5.74, 6) is 0.0290. The highest BCUT2D eigenvalue weighted by Crippen LogP contribution is 2.19. The van der Waals surface area contributed by atoms with Crippen LogP contribution in [-0.4, -0.2) is 33.6 Å². The molecule has 0 aliphatic rings. The molecule has 0 unspecified atom stereocenters. The fourth-order valence-corrected chi connectivity index (χ4v) is 1.60. The van der Waals surface area contributed by atoms with Gasteiger partial charge >= 0.3 is 0 Å². The minimum absolute atomic E-state index is 0.0290. The van der Waals surface area contributed by atoms with Crippen molar-refractivity contribution in [2.45, 2.75) is 25.1 Å². The van der Waals surface area contributed by atoms with Gasteiger partial charge in [-0.1, -0.05) is 5.16 Å². The molecule has 1 rings (SSSR count). The van der Waals surface area contributed by atoms with Crippen molar-refractivity contribution in [1.29, 1.82) is 0 Å². The predicted molar refractivity (Wildman–Crippen MR) is 76.0 cm³/mol. The number of aromatic nitrogens is 1. The average Bonchev–Trinajstić information content (AvgIpc) is 2.38. The van der Waals surface area contributed by atoms with E-state index >= 15 is 0 Å². The Bertz CT molecular complexity index is 420. The van der Waals surface area contributed by atoms with Crippen LogP contribution in [0, 0.1) is 0 Å². The summed E-state index contributed by atoms with van der Waals surface area (Å²) in [4.78, 5) is 4.04. The Hall–Kier alpha value is -1.27. The maximum atomic E-state index is 8.60. The van der Waals surface area contributed by atoms with Gasteiger partial charge in [-0.25, -0.2) is 0 Å². The van der Waals surface area contributed by atoms with Crippen molar-refractivity contribution < 1.29 is 5.21 Å². The lowest BCUT2D eigenvalue weighted by molar-refractivity contribution is 0.318. The van der Waals surface area contributed by atoms with Gasteiger partial charge in [0.15, 0.2) is 5.84 Å². The Kier molecular flexibility index (Phi) is 5.43. The van der Waals surface area contributed by atoms with Crippen LogP contribution in [0.15, 0.2) is 23.5 Å².